The van der Waals surface area contributed by atoms with Gasteiger partial charge < -0.3 is 10.2 Å². The van der Waals surface area contributed by atoms with Crippen LogP contribution in [0.5, 0.6) is 0 Å². The molecule has 5 rings (SSSR count). The van der Waals surface area contributed by atoms with E-state index in [1.165, 1.54) is 5.56 Å². The minimum Gasteiger partial charge on any atom is -0.365 e. The van der Waals surface area contributed by atoms with E-state index in [0.717, 1.165) is 43.0 Å². The van der Waals surface area contributed by atoms with Crippen LogP contribution in [0.2, 0.25) is 5.02 Å². The number of anilines is 1. The summed E-state index contributed by atoms with van der Waals surface area (Å²) >= 11 is 6.06. The fraction of sp³-hybridized carbons (Fsp3) is 0.321. The molecule has 0 aromatic heterocycles. The number of rotatable bonds is 6. The number of carbonyl (C=O) groups excluding carboxylic acids is 1. The van der Waals surface area contributed by atoms with Crippen molar-refractivity contribution in [3.8, 4) is 0 Å². The highest BCUT2D eigenvalue weighted by Gasteiger charge is 2.42. The highest BCUT2D eigenvalue weighted by atomic mass is 35.5. The second kappa shape index (κ2) is 10.3. The Morgan fingerprint density at radius 2 is 1.86 bits per heavy atom. The van der Waals surface area contributed by atoms with Crippen LogP contribution >= 0.6 is 11.6 Å². The molecule has 1 fully saturated rings. The van der Waals surface area contributed by atoms with Crippen molar-refractivity contribution in [2.24, 2.45) is 5.92 Å². The van der Waals surface area contributed by atoms with Crippen LogP contribution in [0.1, 0.15) is 29.7 Å². The van der Waals surface area contributed by atoms with Gasteiger partial charge in [-0.3, -0.25) is 19.8 Å². The summed E-state index contributed by atoms with van der Waals surface area (Å²) in [6.45, 7) is 5.09. The van der Waals surface area contributed by atoms with E-state index < -0.39 is 0 Å². The molecule has 2 heterocycles. The van der Waals surface area contributed by atoms with Gasteiger partial charge in [0.05, 0.1) is 22.9 Å². The maximum absolute atomic E-state index is 13.7. The summed E-state index contributed by atoms with van der Waals surface area (Å²) in [5.74, 6) is -0.342. The first-order valence-corrected chi connectivity index (χ1v) is 12.6. The number of nitrogens with one attached hydrogen (secondary N) is 1. The third-order valence-electron chi connectivity index (χ3n) is 7.30. The summed E-state index contributed by atoms with van der Waals surface area (Å²) in [7, 11) is 0. The number of nitro benzene ring substituents is 1. The molecule has 0 saturated carbocycles. The van der Waals surface area contributed by atoms with Crippen molar-refractivity contribution in [2.45, 2.75) is 32.0 Å². The Kier molecular flexibility index (Phi) is 6.94. The molecule has 0 aliphatic carbocycles. The second-order valence-electron chi connectivity index (χ2n) is 9.64. The van der Waals surface area contributed by atoms with Gasteiger partial charge in [-0.2, -0.15) is 0 Å². The van der Waals surface area contributed by atoms with E-state index in [1.807, 2.05) is 67.6 Å². The zero-order valence-electron chi connectivity index (χ0n) is 20.1. The van der Waals surface area contributed by atoms with Gasteiger partial charge in [-0.15, -0.1) is 0 Å². The van der Waals surface area contributed by atoms with Gasteiger partial charge in [0.2, 0.25) is 5.91 Å². The Balaban J connectivity index is 1.41. The molecule has 3 aromatic rings. The van der Waals surface area contributed by atoms with Gasteiger partial charge in [-0.05, 0) is 48.2 Å². The number of hydrogen-bond donors (Lipinski definition) is 1. The minimum atomic E-state index is -0.372. The van der Waals surface area contributed by atoms with E-state index >= 15 is 0 Å². The molecule has 0 unspecified atom stereocenters. The second-order valence-corrected chi connectivity index (χ2v) is 10.1. The smallest absolute Gasteiger partial charge is 0.269 e. The third-order valence-corrected chi connectivity index (χ3v) is 7.56. The fourth-order valence-corrected chi connectivity index (χ4v) is 5.55. The maximum Gasteiger partial charge on any atom is 0.269 e. The molecule has 0 radical (unpaired) electrons. The molecule has 0 bridgehead atoms. The van der Waals surface area contributed by atoms with Crippen LogP contribution in [0.25, 0.3) is 0 Å². The minimum absolute atomic E-state index is 0.0214. The number of nitro groups is 1. The van der Waals surface area contributed by atoms with Gasteiger partial charge in [0, 0.05) is 49.0 Å². The van der Waals surface area contributed by atoms with Crippen LogP contribution in [0, 0.1) is 16.0 Å². The van der Waals surface area contributed by atoms with Gasteiger partial charge in [-0.1, -0.05) is 54.1 Å². The molecular weight excluding hydrogens is 476 g/mol. The first-order chi connectivity index (χ1) is 17.4. The van der Waals surface area contributed by atoms with Gasteiger partial charge in [-0.25, -0.2) is 0 Å². The van der Waals surface area contributed by atoms with Crippen molar-refractivity contribution >= 4 is 28.9 Å². The van der Waals surface area contributed by atoms with Gasteiger partial charge in [0.1, 0.15) is 0 Å². The predicted molar refractivity (Wildman–Crippen MR) is 141 cm³/mol. The van der Waals surface area contributed by atoms with Crippen LogP contribution in [0.4, 0.5) is 11.4 Å². The lowest BCUT2D eigenvalue weighted by atomic mass is 9.83. The van der Waals surface area contributed by atoms with Crippen molar-refractivity contribution in [2.75, 3.05) is 24.5 Å². The van der Waals surface area contributed by atoms with Crippen molar-refractivity contribution in [3.63, 3.8) is 0 Å². The maximum atomic E-state index is 13.7. The largest absolute Gasteiger partial charge is 0.365 e. The predicted octanol–water partition coefficient (Wildman–Crippen LogP) is 4.99. The van der Waals surface area contributed by atoms with E-state index in [9.17, 15) is 14.9 Å². The summed E-state index contributed by atoms with van der Waals surface area (Å²) in [6, 6.07) is 22.7. The number of benzene rings is 3. The van der Waals surface area contributed by atoms with Crippen LogP contribution in [0.15, 0.2) is 72.8 Å². The molecule has 1 saturated heterocycles. The molecule has 186 valence electrons. The zero-order valence-corrected chi connectivity index (χ0v) is 20.9. The van der Waals surface area contributed by atoms with Gasteiger partial charge >= 0.3 is 0 Å². The van der Waals surface area contributed by atoms with Gasteiger partial charge in [0.15, 0.2) is 0 Å². The standard InChI is InChI=1S/C28H29ClN4O3/c1-19(21-5-3-2-4-6-21)30-28(34)25-16-22-15-24(33(35)36)11-12-26(22)32-14-13-31(18-27(25)32)17-20-7-9-23(29)10-8-20/h2-12,15,19,25,27H,13-14,16-18H2,1H3,(H,30,34)/t19-,25+,27-/m0/s1. The monoisotopic (exact) mass is 504 g/mol. The average molecular weight is 505 g/mol. The normalized spacial score (nSPS) is 20.2. The number of fused-ring (bicyclic) bond motifs is 3. The number of hydrogen-bond acceptors (Lipinski definition) is 5. The molecule has 1 amide bonds. The van der Waals surface area contributed by atoms with E-state index in [0.29, 0.717) is 11.4 Å². The van der Waals surface area contributed by atoms with Crippen LogP contribution in [-0.4, -0.2) is 41.4 Å². The molecule has 7 nitrogen and oxygen atoms in total. The Morgan fingerprint density at radius 3 is 2.58 bits per heavy atom. The van der Waals surface area contributed by atoms with Crippen molar-refractivity contribution in [1.29, 1.82) is 0 Å². The summed E-state index contributed by atoms with van der Waals surface area (Å²) in [5.41, 5.74) is 4.14. The lowest BCUT2D eigenvalue weighted by Gasteiger charge is -2.49. The van der Waals surface area contributed by atoms with Crippen molar-refractivity contribution < 1.29 is 9.72 Å². The number of halogens is 1. The third kappa shape index (κ3) is 5.08. The van der Waals surface area contributed by atoms with Crippen LogP contribution in [-0.2, 0) is 17.8 Å². The highest BCUT2D eigenvalue weighted by molar-refractivity contribution is 6.30. The fourth-order valence-electron chi connectivity index (χ4n) is 5.42. The molecule has 1 N–H and O–H groups in total. The molecule has 3 atom stereocenters. The van der Waals surface area contributed by atoms with E-state index in [1.54, 1.807) is 12.1 Å². The average Bonchev–Trinajstić information content (AvgIpc) is 2.89. The number of carbonyl (C=O) groups is 1. The number of piperazine rings is 1. The van der Waals surface area contributed by atoms with E-state index in [-0.39, 0.29) is 34.5 Å². The summed E-state index contributed by atoms with van der Waals surface area (Å²) in [4.78, 5) is 29.4. The molecule has 3 aromatic carbocycles. The quantitative estimate of drug-likeness (QED) is 0.378. The Morgan fingerprint density at radius 1 is 1.11 bits per heavy atom. The SMILES string of the molecule is C[C@H](NC(=O)[C@@H]1Cc2cc([N+](=O)[O-])ccc2N2CCN(Cc3ccc(Cl)cc3)C[C@@H]12)c1ccccc1. The van der Waals surface area contributed by atoms with E-state index in [4.69, 9.17) is 11.6 Å². The molecule has 2 aliphatic rings. The van der Waals surface area contributed by atoms with Crippen molar-refractivity contribution in [1.82, 2.24) is 10.2 Å². The molecule has 0 spiro atoms. The van der Waals surface area contributed by atoms with E-state index in [2.05, 4.69) is 15.1 Å². The highest BCUT2D eigenvalue weighted by Crippen LogP contribution is 2.38. The topological polar surface area (TPSA) is 78.7 Å². The summed E-state index contributed by atoms with van der Waals surface area (Å²) in [6.07, 6.45) is 0.473. The molecular formula is C28H29ClN4O3. The summed E-state index contributed by atoms with van der Waals surface area (Å²) < 4.78 is 0. The Hall–Kier alpha value is -3.42. The lowest BCUT2D eigenvalue weighted by molar-refractivity contribution is -0.384. The molecule has 8 heteroatoms. The van der Waals surface area contributed by atoms with Crippen molar-refractivity contribution in [3.05, 3.63) is 105 Å². The lowest BCUT2D eigenvalue weighted by Crippen LogP contribution is -2.61. The first kappa shape index (κ1) is 24.3. The molecule has 2 aliphatic heterocycles. The first-order valence-electron chi connectivity index (χ1n) is 12.2. The van der Waals surface area contributed by atoms with Gasteiger partial charge in [0.25, 0.3) is 5.69 Å². The van der Waals surface area contributed by atoms with Crippen LogP contribution < -0.4 is 10.2 Å². The number of non-ortho nitro benzene ring substituents is 1. The number of amides is 1. The summed E-state index contributed by atoms with van der Waals surface area (Å²) in [5, 5.41) is 15.3. The van der Waals surface area contributed by atoms with Crippen LogP contribution in [0.3, 0.4) is 0 Å². The Bertz CT molecular complexity index is 1250. The zero-order chi connectivity index (χ0) is 25.2. The molecule has 36 heavy (non-hydrogen) atoms. The Labute approximate surface area is 215 Å². The number of nitrogens with zero attached hydrogens (tertiary/aromatic N) is 3.